The van der Waals surface area contributed by atoms with Crippen LogP contribution in [-0.4, -0.2) is 33.0 Å². The summed E-state index contributed by atoms with van der Waals surface area (Å²) in [6.45, 7) is 2.25. The van der Waals surface area contributed by atoms with Gasteiger partial charge in [-0.3, -0.25) is 14.9 Å². The SMILES string of the molecule is C[C@H](Sc1ccccn1)C(=O)N(C)Cc1ccc([N+](=O)[O-])cc1. The molecule has 0 fully saturated rings. The highest BCUT2D eigenvalue weighted by Gasteiger charge is 2.19. The molecule has 1 atom stereocenters. The number of non-ortho nitro benzene ring substituents is 1. The molecule has 0 saturated carbocycles. The lowest BCUT2D eigenvalue weighted by molar-refractivity contribution is -0.384. The third kappa shape index (κ3) is 4.79. The number of nitro groups is 1. The highest BCUT2D eigenvalue weighted by Crippen LogP contribution is 2.22. The number of pyridine rings is 1. The predicted octanol–water partition coefficient (Wildman–Crippen LogP) is 3.13. The van der Waals surface area contributed by atoms with Gasteiger partial charge in [-0.2, -0.15) is 0 Å². The normalized spacial score (nSPS) is 11.7. The van der Waals surface area contributed by atoms with Crippen molar-refractivity contribution >= 4 is 23.4 Å². The molecule has 120 valence electrons. The van der Waals surface area contributed by atoms with Crippen LogP contribution in [0.15, 0.2) is 53.7 Å². The number of hydrogen-bond donors (Lipinski definition) is 0. The first-order valence-corrected chi connectivity index (χ1v) is 7.91. The number of rotatable bonds is 6. The Bertz CT molecular complexity index is 677. The molecule has 1 aromatic carbocycles. The summed E-state index contributed by atoms with van der Waals surface area (Å²) in [6.07, 6.45) is 1.69. The molecule has 0 aliphatic rings. The molecule has 1 aromatic heterocycles. The molecule has 2 rings (SSSR count). The zero-order valence-corrected chi connectivity index (χ0v) is 13.7. The second kappa shape index (κ2) is 7.73. The van der Waals surface area contributed by atoms with E-state index in [1.807, 2.05) is 25.1 Å². The number of carbonyl (C=O) groups is 1. The average molecular weight is 331 g/mol. The number of thioether (sulfide) groups is 1. The van der Waals surface area contributed by atoms with E-state index in [1.165, 1.54) is 23.9 Å². The van der Waals surface area contributed by atoms with Gasteiger partial charge in [0.15, 0.2) is 0 Å². The summed E-state index contributed by atoms with van der Waals surface area (Å²) in [5.41, 5.74) is 0.892. The molecule has 0 radical (unpaired) electrons. The number of nitro benzene ring substituents is 1. The Balaban J connectivity index is 1.95. The standard InChI is InChI=1S/C16H17N3O3S/c1-12(23-15-5-3-4-10-17-15)16(20)18(2)11-13-6-8-14(9-7-13)19(21)22/h3-10,12H,11H2,1-2H3/t12-/m0/s1. The maximum atomic E-state index is 12.4. The molecule has 0 N–H and O–H groups in total. The van der Waals surface area contributed by atoms with Gasteiger partial charge < -0.3 is 4.90 Å². The van der Waals surface area contributed by atoms with E-state index in [0.717, 1.165) is 10.6 Å². The predicted molar refractivity (Wildman–Crippen MR) is 89.1 cm³/mol. The largest absolute Gasteiger partial charge is 0.340 e. The highest BCUT2D eigenvalue weighted by molar-refractivity contribution is 8.00. The van der Waals surface area contributed by atoms with Crippen molar-refractivity contribution < 1.29 is 9.72 Å². The van der Waals surface area contributed by atoms with E-state index in [-0.39, 0.29) is 16.8 Å². The van der Waals surface area contributed by atoms with Crippen LogP contribution in [0, 0.1) is 10.1 Å². The van der Waals surface area contributed by atoms with Crippen LogP contribution < -0.4 is 0 Å². The van der Waals surface area contributed by atoms with Gasteiger partial charge in [0.05, 0.1) is 15.2 Å². The van der Waals surface area contributed by atoms with Crippen molar-refractivity contribution in [3.63, 3.8) is 0 Å². The third-order valence-corrected chi connectivity index (χ3v) is 4.26. The Labute approximate surface area is 138 Å². The molecule has 1 amide bonds. The van der Waals surface area contributed by atoms with Crippen LogP contribution in [0.3, 0.4) is 0 Å². The zero-order valence-electron chi connectivity index (χ0n) is 12.9. The minimum atomic E-state index is -0.440. The number of carbonyl (C=O) groups excluding carboxylic acids is 1. The highest BCUT2D eigenvalue weighted by atomic mass is 32.2. The Kier molecular flexibility index (Phi) is 5.70. The fourth-order valence-electron chi connectivity index (χ4n) is 2.03. The maximum absolute atomic E-state index is 12.4. The van der Waals surface area contributed by atoms with Gasteiger partial charge >= 0.3 is 0 Å². The summed E-state index contributed by atoms with van der Waals surface area (Å²) in [7, 11) is 1.72. The molecular formula is C16H17N3O3S. The van der Waals surface area contributed by atoms with Crippen LogP contribution in [-0.2, 0) is 11.3 Å². The van der Waals surface area contributed by atoms with Gasteiger partial charge in [-0.15, -0.1) is 0 Å². The Morgan fingerprint density at radius 2 is 2.00 bits per heavy atom. The zero-order chi connectivity index (χ0) is 16.8. The van der Waals surface area contributed by atoms with E-state index < -0.39 is 4.92 Å². The van der Waals surface area contributed by atoms with Gasteiger partial charge in [-0.1, -0.05) is 30.0 Å². The van der Waals surface area contributed by atoms with Crippen LogP contribution in [0.2, 0.25) is 0 Å². The lowest BCUT2D eigenvalue weighted by Crippen LogP contribution is -2.32. The lowest BCUT2D eigenvalue weighted by Gasteiger charge is -2.21. The van der Waals surface area contributed by atoms with Gasteiger partial charge in [0.1, 0.15) is 0 Å². The number of amides is 1. The molecular weight excluding hydrogens is 314 g/mol. The van der Waals surface area contributed by atoms with E-state index in [4.69, 9.17) is 0 Å². The molecule has 7 heteroatoms. The molecule has 1 heterocycles. The minimum absolute atomic E-state index is 0.0148. The van der Waals surface area contributed by atoms with Gasteiger partial charge in [0.2, 0.25) is 5.91 Å². The Morgan fingerprint density at radius 1 is 1.30 bits per heavy atom. The molecule has 0 spiro atoms. The van der Waals surface area contributed by atoms with Crippen molar-refractivity contribution in [1.29, 1.82) is 0 Å². The topological polar surface area (TPSA) is 76.3 Å². The average Bonchev–Trinajstić information content (AvgIpc) is 2.55. The van der Waals surface area contributed by atoms with Crippen molar-refractivity contribution in [3.8, 4) is 0 Å². The summed E-state index contributed by atoms with van der Waals surface area (Å²) in [6, 6.07) is 11.8. The van der Waals surface area contributed by atoms with E-state index in [1.54, 1.807) is 30.3 Å². The van der Waals surface area contributed by atoms with E-state index in [0.29, 0.717) is 6.54 Å². The van der Waals surface area contributed by atoms with Gasteiger partial charge in [0, 0.05) is 31.9 Å². The molecule has 0 saturated heterocycles. The molecule has 6 nitrogen and oxygen atoms in total. The van der Waals surface area contributed by atoms with Gasteiger partial charge in [0.25, 0.3) is 5.69 Å². The summed E-state index contributed by atoms with van der Waals surface area (Å²) in [5, 5.41) is 11.2. The number of benzene rings is 1. The second-order valence-electron chi connectivity index (χ2n) is 5.05. The summed E-state index contributed by atoms with van der Waals surface area (Å²) in [4.78, 5) is 28.4. The summed E-state index contributed by atoms with van der Waals surface area (Å²) >= 11 is 1.41. The lowest BCUT2D eigenvalue weighted by atomic mass is 10.2. The van der Waals surface area contributed by atoms with E-state index in [2.05, 4.69) is 4.98 Å². The van der Waals surface area contributed by atoms with E-state index >= 15 is 0 Å². The molecule has 0 bridgehead atoms. The second-order valence-corrected chi connectivity index (χ2v) is 6.41. The Hall–Kier alpha value is -2.41. The van der Waals surface area contributed by atoms with E-state index in [9.17, 15) is 14.9 Å². The molecule has 0 unspecified atom stereocenters. The first-order valence-electron chi connectivity index (χ1n) is 7.03. The van der Waals surface area contributed by atoms with Gasteiger partial charge in [-0.25, -0.2) is 4.98 Å². The monoisotopic (exact) mass is 331 g/mol. The number of aromatic nitrogens is 1. The van der Waals surface area contributed by atoms with Crippen LogP contribution in [0.5, 0.6) is 0 Å². The first-order chi connectivity index (χ1) is 11.0. The van der Waals surface area contributed by atoms with Crippen molar-refractivity contribution in [2.24, 2.45) is 0 Å². The molecule has 0 aliphatic carbocycles. The minimum Gasteiger partial charge on any atom is -0.340 e. The molecule has 0 aliphatic heterocycles. The smallest absolute Gasteiger partial charge is 0.269 e. The Morgan fingerprint density at radius 3 is 2.57 bits per heavy atom. The first kappa shape index (κ1) is 17.0. The maximum Gasteiger partial charge on any atom is 0.269 e. The van der Waals surface area contributed by atoms with Crippen LogP contribution in [0.25, 0.3) is 0 Å². The fraction of sp³-hybridized carbons (Fsp3) is 0.250. The molecule has 2 aromatic rings. The number of hydrogen-bond acceptors (Lipinski definition) is 5. The third-order valence-electron chi connectivity index (χ3n) is 3.23. The van der Waals surface area contributed by atoms with Crippen molar-refractivity contribution in [1.82, 2.24) is 9.88 Å². The van der Waals surface area contributed by atoms with Crippen LogP contribution in [0.1, 0.15) is 12.5 Å². The van der Waals surface area contributed by atoms with Crippen molar-refractivity contribution in [2.45, 2.75) is 23.7 Å². The van der Waals surface area contributed by atoms with Crippen LogP contribution in [0.4, 0.5) is 5.69 Å². The van der Waals surface area contributed by atoms with Crippen molar-refractivity contribution in [3.05, 3.63) is 64.3 Å². The van der Waals surface area contributed by atoms with Crippen LogP contribution >= 0.6 is 11.8 Å². The van der Waals surface area contributed by atoms with Crippen molar-refractivity contribution in [2.75, 3.05) is 7.05 Å². The number of nitrogens with zero attached hydrogens (tertiary/aromatic N) is 3. The van der Waals surface area contributed by atoms with Gasteiger partial charge in [-0.05, 0) is 24.6 Å². The molecule has 23 heavy (non-hydrogen) atoms. The summed E-state index contributed by atoms with van der Waals surface area (Å²) in [5.74, 6) is -0.0148. The summed E-state index contributed by atoms with van der Waals surface area (Å²) < 4.78 is 0. The fourth-order valence-corrected chi connectivity index (χ4v) is 2.96. The quantitative estimate of drug-likeness (QED) is 0.462.